The van der Waals surface area contributed by atoms with Gasteiger partial charge in [0, 0.05) is 0 Å². The molecule has 2 aromatic rings. The number of nitrogens with two attached hydrogens (primary N) is 1. The van der Waals surface area contributed by atoms with Gasteiger partial charge in [-0.3, -0.25) is 0 Å². The van der Waals surface area contributed by atoms with Gasteiger partial charge in [-0.2, -0.15) is 0 Å². The van der Waals surface area contributed by atoms with Crippen molar-refractivity contribution in [3.8, 4) is 11.5 Å². The molecule has 0 aromatic heterocycles. The van der Waals surface area contributed by atoms with Gasteiger partial charge in [0.15, 0.2) is 0 Å². The van der Waals surface area contributed by atoms with Gasteiger partial charge in [0.25, 0.3) is 0 Å². The number of aromatic hydroxyl groups is 1. The maximum absolute atomic E-state index is 12.7. The lowest BCUT2D eigenvalue weighted by Gasteiger charge is -2.09. The molecule has 2 aromatic carbocycles. The SMILES string of the molecule is Nc1c(O)cccc1OCc1ccc(F)cc1. The first-order valence-corrected chi connectivity index (χ1v) is 5.11. The van der Waals surface area contributed by atoms with Crippen LogP contribution in [0, 0.1) is 5.82 Å². The second kappa shape index (κ2) is 4.74. The van der Waals surface area contributed by atoms with E-state index in [1.807, 2.05) is 0 Å². The summed E-state index contributed by atoms with van der Waals surface area (Å²) in [6.45, 7) is 0.272. The Hall–Kier alpha value is -2.23. The van der Waals surface area contributed by atoms with Gasteiger partial charge >= 0.3 is 0 Å². The number of para-hydroxylation sites is 1. The molecular formula is C13H12FNO2. The minimum Gasteiger partial charge on any atom is -0.506 e. The van der Waals surface area contributed by atoms with E-state index in [2.05, 4.69) is 0 Å². The molecule has 0 unspecified atom stereocenters. The van der Waals surface area contributed by atoms with Gasteiger partial charge in [0.2, 0.25) is 0 Å². The predicted molar refractivity (Wildman–Crippen MR) is 63.3 cm³/mol. The maximum Gasteiger partial charge on any atom is 0.146 e. The van der Waals surface area contributed by atoms with Crippen LogP contribution in [0.25, 0.3) is 0 Å². The molecule has 17 heavy (non-hydrogen) atoms. The molecule has 0 aliphatic heterocycles. The molecule has 0 atom stereocenters. The smallest absolute Gasteiger partial charge is 0.146 e. The minimum absolute atomic E-state index is 0.0124. The molecule has 88 valence electrons. The molecule has 0 aliphatic carbocycles. The van der Waals surface area contributed by atoms with Crippen molar-refractivity contribution in [1.29, 1.82) is 0 Å². The Bertz CT molecular complexity index is 511. The van der Waals surface area contributed by atoms with Gasteiger partial charge in [-0.25, -0.2) is 4.39 Å². The molecule has 3 N–H and O–H groups in total. The van der Waals surface area contributed by atoms with Crippen LogP contribution in [0.15, 0.2) is 42.5 Å². The highest BCUT2D eigenvalue weighted by Gasteiger charge is 2.04. The Balaban J connectivity index is 2.07. The lowest BCUT2D eigenvalue weighted by Crippen LogP contribution is -1.98. The van der Waals surface area contributed by atoms with Crippen molar-refractivity contribution in [2.45, 2.75) is 6.61 Å². The fraction of sp³-hybridized carbons (Fsp3) is 0.0769. The number of anilines is 1. The third kappa shape index (κ3) is 2.66. The van der Waals surface area contributed by atoms with Crippen molar-refractivity contribution < 1.29 is 14.2 Å². The van der Waals surface area contributed by atoms with Crippen LogP contribution in [0.3, 0.4) is 0 Å². The molecule has 3 nitrogen and oxygen atoms in total. The highest BCUT2D eigenvalue weighted by molar-refractivity contribution is 5.61. The van der Waals surface area contributed by atoms with E-state index >= 15 is 0 Å². The fourth-order valence-corrected chi connectivity index (χ4v) is 1.40. The van der Waals surface area contributed by atoms with E-state index in [0.29, 0.717) is 5.75 Å². The second-order valence-corrected chi connectivity index (χ2v) is 3.60. The summed E-state index contributed by atoms with van der Waals surface area (Å²) in [6.07, 6.45) is 0. The molecule has 0 aliphatic rings. The molecule has 0 heterocycles. The standard InChI is InChI=1S/C13H12FNO2/c14-10-6-4-9(5-7-10)8-17-12-3-1-2-11(16)13(12)15/h1-7,16H,8,15H2. The lowest BCUT2D eigenvalue weighted by molar-refractivity contribution is 0.306. The van der Waals surface area contributed by atoms with Crippen molar-refractivity contribution in [3.05, 3.63) is 53.8 Å². The monoisotopic (exact) mass is 233 g/mol. The van der Waals surface area contributed by atoms with Gasteiger partial charge in [-0.15, -0.1) is 0 Å². The number of hydrogen-bond acceptors (Lipinski definition) is 3. The first-order chi connectivity index (χ1) is 8.16. The summed E-state index contributed by atoms with van der Waals surface area (Å²) in [5.41, 5.74) is 6.67. The zero-order valence-electron chi connectivity index (χ0n) is 9.06. The van der Waals surface area contributed by atoms with Gasteiger partial charge in [-0.05, 0) is 29.8 Å². The number of phenolic OH excluding ortho intramolecular Hbond substituents is 1. The molecule has 0 saturated heterocycles. The Labute approximate surface area is 98.3 Å². The average molecular weight is 233 g/mol. The number of phenols is 1. The van der Waals surface area contributed by atoms with E-state index in [1.165, 1.54) is 18.2 Å². The van der Waals surface area contributed by atoms with Crippen molar-refractivity contribution in [2.75, 3.05) is 5.73 Å². The van der Waals surface area contributed by atoms with E-state index in [-0.39, 0.29) is 23.9 Å². The molecule has 0 radical (unpaired) electrons. The van der Waals surface area contributed by atoms with Crippen molar-refractivity contribution in [1.82, 2.24) is 0 Å². The summed E-state index contributed by atoms with van der Waals surface area (Å²) in [5.74, 6) is 0.113. The van der Waals surface area contributed by atoms with E-state index in [9.17, 15) is 9.50 Å². The van der Waals surface area contributed by atoms with Crippen molar-refractivity contribution >= 4 is 5.69 Å². The van der Waals surface area contributed by atoms with Crippen LogP contribution in [0.5, 0.6) is 11.5 Å². The normalized spacial score (nSPS) is 10.2. The summed E-state index contributed by atoms with van der Waals surface area (Å²) in [6, 6.07) is 10.8. The first-order valence-electron chi connectivity index (χ1n) is 5.11. The molecule has 2 rings (SSSR count). The van der Waals surface area contributed by atoms with Crippen LogP contribution in [-0.2, 0) is 6.61 Å². The summed E-state index contributed by atoms with van der Waals surface area (Å²) >= 11 is 0. The Morgan fingerprint density at radius 1 is 1.12 bits per heavy atom. The van der Waals surface area contributed by atoms with Crippen LogP contribution in [0.1, 0.15) is 5.56 Å². The topological polar surface area (TPSA) is 55.5 Å². The fourth-order valence-electron chi connectivity index (χ4n) is 1.40. The van der Waals surface area contributed by atoms with Crippen LogP contribution in [0.4, 0.5) is 10.1 Å². The molecule has 4 heteroatoms. The summed E-state index contributed by atoms with van der Waals surface area (Å²) < 4.78 is 18.1. The zero-order valence-corrected chi connectivity index (χ0v) is 9.06. The zero-order chi connectivity index (χ0) is 12.3. The first kappa shape index (κ1) is 11.3. The van der Waals surface area contributed by atoms with Gasteiger partial charge in [0.1, 0.15) is 29.6 Å². The van der Waals surface area contributed by atoms with E-state index < -0.39 is 0 Å². The Kier molecular flexibility index (Phi) is 3.14. The largest absolute Gasteiger partial charge is 0.506 e. The molecule has 0 saturated carbocycles. The molecule has 0 spiro atoms. The molecule has 0 bridgehead atoms. The number of nitrogen functional groups attached to an aromatic ring is 1. The average Bonchev–Trinajstić information content (AvgIpc) is 2.33. The summed E-state index contributed by atoms with van der Waals surface area (Å²) in [5, 5.41) is 9.38. The summed E-state index contributed by atoms with van der Waals surface area (Å²) in [7, 11) is 0. The second-order valence-electron chi connectivity index (χ2n) is 3.60. The molecule has 0 fully saturated rings. The lowest BCUT2D eigenvalue weighted by atomic mass is 10.2. The number of rotatable bonds is 3. The van der Waals surface area contributed by atoms with E-state index in [4.69, 9.17) is 10.5 Å². The van der Waals surface area contributed by atoms with Gasteiger partial charge < -0.3 is 15.6 Å². The molecular weight excluding hydrogens is 221 g/mol. The van der Waals surface area contributed by atoms with Crippen molar-refractivity contribution in [3.63, 3.8) is 0 Å². The van der Waals surface area contributed by atoms with Gasteiger partial charge in [-0.1, -0.05) is 18.2 Å². The highest BCUT2D eigenvalue weighted by atomic mass is 19.1. The van der Waals surface area contributed by atoms with Crippen LogP contribution in [0.2, 0.25) is 0 Å². The van der Waals surface area contributed by atoms with Crippen LogP contribution in [-0.4, -0.2) is 5.11 Å². The Morgan fingerprint density at radius 3 is 2.53 bits per heavy atom. The van der Waals surface area contributed by atoms with E-state index in [0.717, 1.165) is 5.56 Å². The summed E-state index contributed by atoms with van der Waals surface area (Å²) in [4.78, 5) is 0. The number of ether oxygens (including phenoxy) is 1. The van der Waals surface area contributed by atoms with Gasteiger partial charge in [0.05, 0.1) is 0 Å². The highest BCUT2D eigenvalue weighted by Crippen LogP contribution is 2.30. The third-order valence-electron chi connectivity index (χ3n) is 2.35. The minimum atomic E-state index is -0.286. The number of hydrogen-bond donors (Lipinski definition) is 2. The van der Waals surface area contributed by atoms with Crippen LogP contribution >= 0.6 is 0 Å². The molecule has 0 amide bonds. The van der Waals surface area contributed by atoms with Crippen LogP contribution < -0.4 is 10.5 Å². The quantitative estimate of drug-likeness (QED) is 0.633. The predicted octanol–water partition coefficient (Wildman–Crippen LogP) is 2.69. The van der Waals surface area contributed by atoms with Crippen molar-refractivity contribution in [2.24, 2.45) is 0 Å². The number of halogens is 1. The van der Waals surface area contributed by atoms with E-state index in [1.54, 1.807) is 24.3 Å². The number of benzene rings is 2. The Morgan fingerprint density at radius 2 is 1.82 bits per heavy atom. The third-order valence-corrected chi connectivity index (χ3v) is 2.35. The maximum atomic E-state index is 12.7.